The Morgan fingerprint density at radius 3 is 2.31 bits per heavy atom. The molecule has 2 nitrogen and oxygen atoms in total. The second-order valence-corrected chi connectivity index (χ2v) is 5.21. The van der Waals surface area contributed by atoms with Crippen molar-refractivity contribution in [3.05, 3.63) is 0 Å². The van der Waals surface area contributed by atoms with Crippen molar-refractivity contribution in [2.45, 2.75) is 57.1 Å². The third kappa shape index (κ3) is 1.31. The Bertz CT molecular complexity index is 196. The van der Waals surface area contributed by atoms with Gasteiger partial charge in [-0.05, 0) is 45.6 Å². The standard InChI is InChI=1S/C11H21NO/c1-10(2)11(13,7-8-12-10)9-5-3-4-6-9/h9,12-13H,3-8H2,1-2H3. The van der Waals surface area contributed by atoms with Crippen molar-refractivity contribution in [2.75, 3.05) is 6.54 Å². The van der Waals surface area contributed by atoms with Crippen LogP contribution < -0.4 is 5.32 Å². The lowest BCUT2D eigenvalue weighted by Gasteiger charge is -2.41. The van der Waals surface area contributed by atoms with Crippen molar-refractivity contribution >= 4 is 0 Å². The summed E-state index contributed by atoms with van der Waals surface area (Å²) in [5.41, 5.74) is -0.522. The smallest absolute Gasteiger partial charge is 0.0863 e. The predicted molar refractivity (Wildman–Crippen MR) is 53.6 cm³/mol. The van der Waals surface area contributed by atoms with Crippen LogP contribution in [0.1, 0.15) is 46.0 Å². The quantitative estimate of drug-likeness (QED) is 0.648. The van der Waals surface area contributed by atoms with Crippen LogP contribution >= 0.6 is 0 Å². The molecule has 2 N–H and O–H groups in total. The highest BCUT2D eigenvalue weighted by atomic mass is 16.3. The summed E-state index contributed by atoms with van der Waals surface area (Å²) in [7, 11) is 0. The van der Waals surface area contributed by atoms with E-state index in [2.05, 4.69) is 19.2 Å². The normalized spacial score (nSPS) is 39.9. The summed E-state index contributed by atoms with van der Waals surface area (Å²) in [5, 5.41) is 14.1. The second-order valence-electron chi connectivity index (χ2n) is 5.21. The molecule has 1 aliphatic carbocycles. The minimum atomic E-state index is -0.441. The molecular formula is C11H21NO. The number of hydrogen-bond donors (Lipinski definition) is 2. The average Bonchev–Trinajstić information content (AvgIpc) is 2.61. The molecule has 0 bridgehead atoms. The molecule has 1 heterocycles. The zero-order chi connectivity index (χ0) is 9.53. The summed E-state index contributed by atoms with van der Waals surface area (Å²) < 4.78 is 0. The third-order valence-electron chi connectivity index (χ3n) is 4.19. The van der Waals surface area contributed by atoms with Crippen LogP contribution in [-0.2, 0) is 0 Å². The summed E-state index contributed by atoms with van der Waals surface area (Å²) in [5.74, 6) is 0.539. The largest absolute Gasteiger partial charge is 0.388 e. The number of hydrogen-bond acceptors (Lipinski definition) is 2. The lowest BCUT2D eigenvalue weighted by Crippen LogP contribution is -2.55. The fraction of sp³-hybridized carbons (Fsp3) is 1.00. The van der Waals surface area contributed by atoms with Crippen molar-refractivity contribution in [3.63, 3.8) is 0 Å². The molecule has 1 atom stereocenters. The highest BCUT2D eigenvalue weighted by Crippen LogP contribution is 2.44. The fourth-order valence-electron chi connectivity index (χ4n) is 3.15. The first-order valence-corrected chi connectivity index (χ1v) is 5.54. The van der Waals surface area contributed by atoms with E-state index in [0.29, 0.717) is 5.92 Å². The molecule has 1 saturated carbocycles. The number of aliphatic hydroxyl groups is 1. The maximum absolute atomic E-state index is 10.7. The highest BCUT2D eigenvalue weighted by molar-refractivity contribution is 5.09. The van der Waals surface area contributed by atoms with Gasteiger partial charge in [0.15, 0.2) is 0 Å². The van der Waals surface area contributed by atoms with Crippen molar-refractivity contribution in [3.8, 4) is 0 Å². The fourth-order valence-corrected chi connectivity index (χ4v) is 3.15. The van der Waals surface area contributed by atoms with Gasteiger partial charge >= 0.3 is 0 Å². The minimum absolute atomic E-state index is 0.0813. The molecule has 2 fully saturated rings. The molecule has 0 radical (unpaired) electrons. The van der Waals surface area contributed by atoms with E-state index in [9.17, 15) is 5.11 Å². The predicted octanol–water partition coefficient (Wildman–Crippen LogP) is 1.68. The molecule has 0 aromatic heterocycles. The molecule has 1 unspecified atom stereocenters. The molecule has 0 aromatic rings. The van der Waals surface area contributed by atoms with Crippen LogP contribution in [0.25, 0.3) is 0 Å². The topological polar surface area (TPSA) is 32.3 Å². The van der Waals surface area contributed by atoms with E-state index in [1.807, 2.05) is 0 Å². The second kappa shape index (κ2) is 2.96. The van der Waals surface area contributed by atoms with E-state index in [1.165, 1.54) is 25.7 Å². The molecule has 76 valence electrons. The lowest BCUT2D eigenvalue weighted by atomic mass is 9.73. The van der Waals surface area contributed by atoms with Crippen molar-refractivity contribution in [1.29, 1.82) is 0 Å². The number of rotatable bonds is 1. The molecule has 1 aliphatic heterocycles. The van der Waals surface area contributed by atoms with Crippen LogP contribution in [0.2, 0.25) is 0 Å². The zero-order valence-electron chi connectivity index (χ0n) is 8.77. The van der Waals surface area contributed by atoms with Crippen LogP contribution in [-0.4, -0.2) is 22.8 Å². The van der Waals surface area contributed by atoms with Crippen LogP contribution in [0, 0.1) is 5.92 Å². The van der Waals surface area contributed by atoms with E-state index >= 15 is 0 Å². The lowest BCUT2D eigenvalue weighted by molar-refractivity contribution is -0.0574. The first kappa shape index (κ1) is 9.47. The molecule has 1 saturated heterocycles. The van der Waals surface area contributed by atoms with Crippen LogP contribution in [0.4, 0.5) is 0 Å². The van der Waals surface area contributed by atoms with Crippen LogP contribution in [0.3, 0.4) is 0 Å². The third-order valence-corrected chi connectivity index (χ3v) is 4.19. The molecule has 0 amide bonds. The first-order valence-electron chi connectivity index (χ1n) is 5.54. The Morgan fingerprint density at radius 2 is 1.85 bits per heavy atom. The highest BCUT2D eigenvalue weighted by Gasteiger charge is 2.52. The summed E-state index contributed by atoms with van der Waals surface area (Å²) in [4.78, 5) is 0. The molecule has 2 heteroatoms. The summed E-state index contributed by atoms with van der Waals surface area (Å²) in [6, 6.07) is 0. The van der Waals surface area contributed by atoms with Gasteiger partial charge in [0, 0.05) is 5.54 Å². The van der Waals surface area contributed by atoms with Gasteiger partial charge in [-0.2, -0.15) is 0 Å². The van der Waals surface area contributed by atoms with Gasteiger partial charge in [-0.3, -0.25) is 0 Å². The van der Waals surface area contributed by atoms with Crippen LogP contribution in [0.5, 0.6) is 0 Å². The van der Waals surface area contributed by atoms with E-state index in [4.69, 9.17) is 0 Å². The van der Waals surface area contributed by atoms with E-state index in [0.717, 1.165) is 13.0 Å². The molecule has 0 spiro atoms. The van der Waals surface area contributed by atoms with Gasteiger partial charge in [-0.15, -0.1) is 0 Å². The van der Waals surface area contributed by atoms with Gasteiger partial charge in [0.25, 0.3) is 0 Å². The van der Waals surface area contributed by atoms with E-state index < -0.39 is 5.60 Å². The van der Waals surface area contributed by atoms with Crippen molar-refractivity contribution < 1.29 is 5.11 Å². The Balaban J connectivity index is 2.17. The van der Waals surface area contributed by atoms with E-state index in [1.54, 1.807) is 0 Å². The van der Waals surface area contributed by atoms with Gasteiger partial charge in [-0.1, -0.05) is 12.8 Å². The van der Waals surface area contributed by atoms with Crippen molar-refractivity contribution in [1.82, 2.24) is 5.32 Å². The monoisotopic (exact) mass is 183 g/mol. The van der Waals surface area contributed by atoms with Gasteiger partial charge in [0.1, 0.15) is 0 Å². The summed E-state index contributed by atoms with van der Waals surface area (Å²) in [6.07, 6.45) is 6.00. The molecule has 13 heavy (non-hydrogen) atoms. The van der Waals surface area contributed by atoms with E-state index in [-0.39, 0.29) is 5.54 Å². The average molecular weight is 183 g/mol. The SMILES string of the molecule is CC1(C)NCCC1(O)C1CCCC1. The number of nitrogens with one attached hydrogen (secondary N) is 1. The van der Waals surface area contributed by atoms with Gasteiger partial charge in [0.05, 0.1) is 5.60 Å². The van der Waals surface area contributed by atoms with Gasteiger partial charge < -0.3 is 10.4 Å². The summed E-state index contributed by atoms with van der Waals surface area (Å²) in [6.45, 7) is 5.25. The van der Waals surface area contributed by atoms with Gasteiger partial charge in [0.2, 0.25) is 0 Å². The molecule has 0 aromatic carbocycles. The summed E-state index contributed by atoms with van der Waals surface area (Å²) >= 11 is 0. The molecule has 2 rings (SSSR count). The zero-order valence-corrected chi connectivity index (χ0v) is 8.77. The molecular weight excluding hydrogens is 162 g/mol. The van der Waals surface area contributed by atoms with Gasteiger partial charge in [-0.25, -0.2) is 0 Å². The maximum Gasteiger partial charge on any atom is 0.0863 e. The first-order chi connectivity index (χ1) is 6.06. The minimum Gasteiger partial charge on any atom is -0.388 e. The Morgan fingerprint density at radius 1 is 1.23 bits per heavy atom. The Hall–Kier alpha value is -0.0800. The Labute approximate surface area is 80.7 Å². The molecule has 2 aliphatic rings. The Kier molecular flexibility index (Phi) is 2.16. The maximum atomic E-state index is 10.7. The van der Waals surface area contributed by atoms with Crippen LogP contribution in [0.15, 0.2) is 0 Å². The van der Waals surface area contributed by atoms with Crippen molar-refractivity contribution in [2.24, 2.45) is 5.92 Å².